The molecule has 17 heavy (non-hydrogen) atoms. The summed E-state index contributed by atoms with van der Waals surface area (Å²) in [5.74, 6) is 0. The van der Waals surface area contributed by atoms with Crippen LogP contribution < -0.4 is 0 Å². The fourth-order valence-corrected chi connectivity index (χ4v) is 12.4. The Hall–Kier alpha value is 0.279. The summed E-state index contributed by atoms with van der Waals surface area (Å²) in [5, 5.41) is 0. The second-order valence-electron chi connectivity index (χ2n) is 5.37. The Bertz CT molecular complexity index is 263. The Morgan fingerprint density at radius 2 is 1.53 bits per heavy atom. The molecule has 0 aromatic carbocycles. The minimum atomic E-state index is -1.38. The maximum absolute atomic E-state index is 2.69. The van der Waals surface area contributed by atoms with E-state index in [-0.39, 0.29) is 0 Å². The van der Waals surface area contributed by atoms with E-state index >= 15 is 0 Å². The van der Waals surface area contributed by atoms with Crippen LogP contribution in [0.4, 0.5) is 0 Å². The van der Waals surface area contributed by atoms with Crippen molar-refractivity contribution in [3.8, 4) is 0 Å². The van der Waals surface area contributed by atoms with E-state index in [0.717, 1.165) is 0 Å². The maximum atomic E-state index is 2.69. The predicted molar refractivity (Wildman–Crippen MR) is 82.1 cm³/mol. The first-order valence-electron chi connectivity index (χ1n) is 7.73. The predicted octanol–water partition coefficient (Wildman–Crippen LogP) is 5.34. The molecule has 1 heteroatoms. The summed E-state index contributed by atoms with van der Waals surface area (Å²) in [6.45, 7) is 6.96. The van der Waals surface area contributed by atoms with Gasteiger partial charge in [-0.2, -0.15) is 0 Å². The summed E-state index contributed by atoms with van der Waals surface area (Å²) in [6, 6.07) is 0. The van der Waals surface area contributed by atoms with E-state index in [1.54, 1.807) is 10.0 Å². The van der Waals surface area contributed by atoms with Gasteiger partial charge in [0.25, 0.3) is 0 Å². The van der Waals surface area contributed by atoms with Crippen LogP contribution >= 0.6 is 0 Å². The first-order valence-corrected chi connectivity index (χ1v) is 13.6. The molecule has 0 nitrogen and oxygen atoms in total. The molecule has 1 aliphatic heterocycles. The molecule has 1 aliphatic rings. The van der Waals surface area contributed by atoms with Crippen molar-refractivity contribution in [3.05, 3.63) is 19.3 Å². The van der Waals surface area contributed by atoms with Crippen LogP contribution in [0.15, 0.2) is 19.3 Å². The topological polar surface area (TPSA) is 0 Å². The van der Waals surface area contributed by atoms with E-state index in [9.17, 15) is 0 Å². The van der Waals surface area contributed by atoms with Crippen LogP contribution in [0.5, 0.6) is 0 Å². The molecule has 0 bridgehead atoms. The minimum absolute atomic E-state index is 1.34. The molecule has 0 radical (unpaired) electrons. The molecule has 0 fully saturated rings. The third-order valence-corrected chi connectivity index (χ3v) is 13.1. The average Bonchev–Trinajstić information content (AvgIpc) is 2.73. The van der Waals surface area contributed by atoms with Gasteiger partial charge in [0.1, 0.15) is 0 Å². The molecule has 0 saturated heterocycles. The first-order chi connectivity index (χ1) is 8.33. The van der Waals surface area contributed by atoms with Crippen LogP contribution in [0.1, 0.15) is 72.1 Å². The van der Waals surface area contributed by atoms with Crippen molar-refractivity contribution >= 4 is 19.8 Å². The van der Waals surface area contributed by atoms with Gasteiger partial charge in [0.2, 0.25) is 0 Å². The van der Waals surface area contributed by atoms with Crippen LogP contribution in [0.2, 0.25) is 4.44 Å². The SMILES string of the molecule is CCCCC1=[C](CCCC)[SnH]([CH2]CCC)[CH]=C1. The van der Waals surface area contributed by atoms with E-state index in [1.165, 1.54) is 51.4 Å². The van der Waals surface area contributed by atoms with Crippen LogP contribution in [-0.4, -0.2) is 19.8 Å². The van der Waals surface area contributed by atoms with Gasteiger partial charge in [-0.25, -0.2) is 0 Å². The summed E-state index contributed by atoms with van der Waals surface area (Å²) in [4.78, 5) is 0. The Morgan fingerprint density at radius 3 is 2.18 bits per heavy atom. The zero-order valence-electron chi connectivity index (χ0n) is 12.1. The van der Waals surface area contributed by atoms with Crippen molar-refractivity contribution < 1.29 is 0 Å². The third-order valence-electron chi connectivity index (χ3n) is 3.86. The van der Waals surface area contributed by atoms with Crippen LogP contribution in [-0.2, 0) is 0 Å². The molecule has 0 N–H and O–H groups in total. The number of allylic oxidation sites excluding steroid dienone is 3. The summed E-state index contributed by atoms with van der Waals surface area (Å²) in [6.07, 6.45) is 13.7. The molecule has 0 aromatic heterocycles. The molecule has 0 aromatic rings. The van der Waals surface area contributed by atoms with Crippen LogP contribution in [0.3, 0.4) is 0 Å². The molecule has 0 spiro atoms. The van der Waals surface area contributed by atoms with Gasteiger partial charge in [-0.3, -0.25) is 0 Å². The molecule has 0 aliphatic carbocycles. The zero-order chi connectivity index (χ0) is 12.5. The molecule has 1 atom stereocenters. The van der Waals surface area contributed by atoms with E-state index in [0.29, 0.717) is 0 Å². The summed E-state index contributed by atoms with van der Waals surface area (Å²) in [7, 11) is 0. The average molecular weight is 341 g/mol. The van der Waals surface area contributed by atoms with Gasteiger partial charge in [0, 0.05) is 0 Å². The van der Waals surface area contributed by atoms with Crippen molar-refractivity contribution in [3.63, 3.8) is 0 Å². The zero-order valence-corrected chi connectivity index (χ0v) is 15.4. The van der Waals surface area contributed by atoms with Gasteiger partial charge in [-0.05, 0) is 0 Å². The Labute approximate surface area is 115 Å². The fraction of sp³-hybridized carbons (Fsp3) is 0.750. The van der Waals surface area contributed by atoms with E-state index in [2.05, 4.69) is 30.9 Å². The molecule has 98 valence electrons. The number of hydrogen-bond acceptors (Lipinski definition) is 0. The normalized spacial score (nSPS) is 19.4. The first kappa shape index (κ1) is 15.3. The molecule has 0 saturated carbocycles. The van der Waals surface area contributed by atoms with Crippen molar-refractivity contribution in [1.82, 2.24) is 0 Å². The molecule has 1 unspecified atom stereocenters. The van der Waals surface area contributed by atoms with Gasteiger partial charge in [-0.15, -0.1) is 0 Å². The van der Waals surface area contributed by atoms with Gasteiger partial charge in [0.15, 0.2) is 0 Å². The number of hydrogen-bond donors (Lipinski definition) is 0. The van der Waals surface area contributed by atoms with E-state index < -0.39 is 19.8 Å². The Morgan fingerprint density at radius 1 is 0.882 bits per heavy atom. The third kappa shape index (κ3) is 5.19. The molecule has 0 amide bonds. The standard InChI is InChI=1S/C12H20.C4H9.Sn.H/c1-4-7-9-11-12(6-3)10-8-5-2;1-3-4-2;;/h3,6H,4-5,7-10H2,1-2H3;1,3-4H2,2H3;;. The van der Waals surface area contributed by atoms with Crippen LogP contribution in [0, 0.1) is 0 Å². The fourth-order valence-electron chi connectivity index (χ4n) is 2.71. The molecular formula is C16H30Sn. The van der Waals surface area contributed by atoms with Crippen molar-refractivity contribution in [2.75, 3.05) is 0 Å². The van der Waals surface area contributed by atoms with E-state index in [4.69, 9.17) is 0 Å². The molecule has 1 rings (SSSR count). The Kier molecular flexibility index (Phi) is 8.34. The van der Waals surface area contributed by atoms with Crippen molar-refractivity contribution in [1.29, 1.82) is 0 Å². The monoisotopic (exact) mass is 342 g/mol. The van der Waals surface area contributed by atoms with Crippen LogP contribution in [0.25, 0.3) is 0 Å². The second kappa shape index (κ2) is 9.24. The molecular weight excluding hydrogens is 311 g/mol. The van der Waals surface area contributed by atoms with Crippen molar-refractivity contribution in [2.45, 2.75) is 76.6 Å². The van der Waals surface area contributed by atoms with Crippen molar-refractivity contribution in [2.24, 2.45) is 0 Å². The van der Waals surface area contributed by atoms with Gasteiger partial charge in [-0.1, -0.05) is 0 Å². The van der Waals surface area contributed by atoms with Gasteiger partial charge < -0.3 is 0 Å². The summed E-state index contributed by atoms with van der Waals surface area (Å²) in [5.41, 5.74) is 1.78. The number of unbranched alkanes of at least 4 members (excludes halogenated alkanes) is 3. The van der Waals surface area contributed by atoms with Gasteiger partial charge >= 0.3 is 116 Å². The summed E-state index contributed by atoms with van der Waals surface area (Å²) < 4.78 is 6.27. The number of rotatable bonds is 9. The quantitative estimate of drug-likeness (QED) is 0.497. The van der Waals surface area contributed by atoms with E-state index in [1.807, 2.05) is 3.59 Å². The molecule has 1 heterocycles. The summed E-state index contributed by atoms with van der Waals surface area (Å²) >= 11 is -1.38. The van der Waals surface area contributed by atoms with Gasteiger partial charge in [0.05, 0.1) is 0 Å². The Balaban J connectivity index is 2.59. The second-order valence-corrected chi connectivity index (χ2v) is 13.6.